The third-order valence-electron chi connectivity index (χ3n) is 5.72. The molecule has 2 aliphatic carbocycles. The Morgan fingerprint density at radius 3 is 2.48 bits per heavy atom. The van der Waals surface area contributed by atoms with Crippen LogP contribution < -0.4 is 5.32 Å². The van der Waals surface area contributed by atoms with Crippen molar-refractivity contribution in [1.82, 2.24) is 9.78 Å². The quantitative estimate of drug-likeness (QED) is 0.672. The number of aromatic nitrogens is 2. The van der Waals surface area contributed by atoms with Gasteiger partial charge < -0.3 is 10.1 Å². The SMILES string of the molecule is CCOC(=O)c1c(NC(=O)Cn2nc(C(F)(F)F)c3c2CCCC3)sc2c1CCCC2. The smallest absolute Gasteiger partial charge is 0.435 e. The number of anilines is 1. The van der Waals surface area contributed by atoms with Crippen LogP contribution in [0.3, 0.4) is 0 Å². The number of hydrogen-bond donors (Lipinski definition) is 1. The number of thiophene rings is 1. The number of fused-ring (bicyclic) bond motifs is 2. The lowest BCUT2D eigenvalue weighted by Crippen LogP contribution is -2.22. The number of carbonyl (C=O) groups is 2. The van der Waals surface area contributed by atoms with E-state index < -0.39 is 23.7 Å². The second-order valence-corrected chi connectivity index (χ2v) is 8.93. The Kier molecular flexibility index (Phi) is 6.09. The second kappa shape index (κ2) is 8.64. The lowest BCUT2D eigenvalue weighted by molar-refractivity contribution is -0.142. The standard InChI is InChI=1S/C21H24F3N3O3S/c1-2-30-20(29)17-13-8-4-6-10-15(13)31-19(17)25-16(28)11-27-14-9-5-3-7-12(14)18(26-27)21(22,23)24/h2-11H2,1H3,(H,25,28). The van der Waals surface area contributed by atoms with E-state index in [9.17, 15) is 22.8 Å². The van der Waals surface area contributed by atoms with E-state index >= 15 is 0 Å². The maximum Gasteiger partial charge on any atom is 0.435 e. The summed E-state index contributed by atoms with van der Waals surface area (Å²) in [5, 5.41) is 6.90. The van der Waals surface area contributed by atoms with Crippen molar-refractivity contribution in [3.63, 3.8) is 0 Å². The topological polar surface area (TPSA) is 73.2 Å². The van der Waals surface area contributed by atoms with Gasteiger partial charge in [-0.1, -0.05) is 0 Å². The van der Waals surface area contributed by atoms with Gasteiger partial charge >= 0.3 is 12.1 Å². The first kappa shape index (κ1) is 21.9. The number of hydrogen-bond acceptors (Lipinski definition) is 5. The second-order valence-electron chi connectivity index (χ2n) is 7.82. The van der Waals surface area contributed by atoms with Gasteiger partial charge in [0.1, 0.15) is 11.5 Å². The summed E-state index contributed by atoms with van der Waals surface area (Å²) in [6, 6.07) is 0. The number of ether oxygens (including phenoxy) is 1. The molecule has 4 rings (SSSR count). The molecule has 6 nitrogen and oxygen atoms in total. The van der Waals surface area contributed by atoms with Crippen LogP contribution in [0.1, 0.15) is 70.4 Å². The third-order valence-corrected chi connectivity index (χ3v) is 6.93. The lowest BCUT2D eigenvalue weighted by atomic mass is 9.95. The highest BCUT2D eigenvalue weighted by atomic mass is 32.1. The van der Waals surface area contributed by atoms with Gasteiger partial charge in [0.05, 0.1) is 12.2 Å². The van der Waals surface area contributed by atoms with E-state index in [-0.39, 0.29) is 18.7 Å². The fourth-order valence-corrected chi connectivity index (χ4v) is 5.70. The van der Waals surface area contributed by atoms with Crippen LogP contribution >= 0.6 is 11.3 Å². The summed E-state index contributed by atoms with van der Waals surface area (Å²) in [5.41, 5.74) is 1.08. The van der Waals surface area contributed by atoms with Crippen LogP contribution in [-0.2, 0) is 47.9 Å². The van der Waals surface area contributed by atoms with Gasteiger partial charge in [-0.2, -0.15) is 18.3 Å². The fourth-order valence-electron chi connectivity index (χ4n) is 4.40. The predicted molar refractivity (Wildman–Crippen MR) is 109 cm³/mol. The number of alkyl halides is 3. The molecule has 10 heteroatoms. The van der Waals surface area contributed by atoms with Gasteiger partial charge in [0.2, 0.25) is 5.91 Å². The average molecular weight is 456 g/mol. The van der Waals surface area contributed by atoms with E-state index in [4.69, 9.17) is 4.74 Å². The van der Waals surface area contributed by atoms with Crippen LogP contribution in [0.2, 0.25) is 0 Å². The molecule has 2 aromatic rings. The molecule has 0 radical (unpaired) electrons. The molecule has 0 aromatic carbocycles. The summed E-state index contributed by atoms with van der Waals surface area (Å²) in [5.74, 6) is -0.984. The van der Waals surface area contributed by atoms with Crippen LogP contribution in [0.4, 0.5) is 18.2 Å². The number of aryl methyl sites for hydroxylation is 1. The van der Waals surface area contributed by atoms with Gasteiger partial charge in [-0.3, -0.25) is 9.48 Å². The van der Waals surface area contributed by atoms with E-state index in [1.54, 1.807) is 6.92 Å². The molecule has 2 aromatic heterocycles. The maximum absolute atomic E-state index is 13.4. The fraction of sp³-hybridized carbons (Fsp3) is 0.571. The van der Waals surface area contributed by atoms with Gasteiger partial charge in [0.15, 0.2) is 5.69 Å². The first-order chi connectivity index (χ1) is 14.8. The monoisotopic (exact) mass is 455 g/mol. The maximum atomic E-state index is 13.4. The van der Waals surface area contributed by atoms with E-state index in [2.05, 4.69) is 10.4 Å². The molecule has 0 fully saturated rings. The molecule has 0 atom stereocenters. The Morgan fingerprint density at radius 1 is 1.10 bits per heavy atom. The highest BCUT2D eigenvalue weighted by molar-refractivity contribution is 7.17. The number of esters is 1. The van der Waals surface area contributed by atoms with Crippen LogP contribution in [-0.4, -0.2) is 28.3 Å². The van der Waals surface area contributed by atoms with Crippen molar-refractivity contribution in [2.75, 3.05) is 11.9 Å². The molecule has 0 saturated carbocycles. The summed E-state index contributed by atoms with van der Waals surface area (Å²) in [7, 11) is 0. The first-order valence-electron chi connectivity index (χ1n) is 10.6. The predicted octanol–water partition coefficient (Wildman–Crippen LogP) is 4.54. The van der Waals surface area contributed by atoms with Gasteiger partial charge in [0.25, 0.3) is 0 Å². The summed E-state index contributed by atoms with van der Waals surface area (Å²) in [6.45, 7) is 1.60. The van der Waals surface area contributed by atoms with Crippen molar-refractivity contribution in [2.24, 2.45) is 0 Å². The molecule has 2 heterocycles. The number of nitrogens with zero attached hydrogens (tertiary/aromatic N) is 2. The minimum Gasteiger partial charge on any atom is -0.462 e. The molecule has 0 aliphatic heterocycles. The Morgan fingerprint density at radius 2 is 1.77 bits per heavy atom. The average Bonchev–Trinajstić information content (AvgIpc) is 3.26. The molecule has 1 N–H and O–H groups in total. The van der Waals surface area contributed by atoms with Crippen LogP contribution in [0.5, 0.6) is 0 Å². The van der Waals surface area contributed by atoms with Gasteiger partial charge in [-0.15, -0.1) is 11.3 Å². The first-order valence-corrected chi connectivity index (χ1v) is 11.4. The number of halogens is 3. The molecular weight excluding hydrogens is 431 g/mol. The van der Waals surface area contributed by atoms with Crippen molar-refractivity contribution in [2.45, 2.75) is 71.0 Å². The van der Waals surface area contributed by atoms with Crippen molar-refractivity contribution >= 4 is 28.2 Å². The normalized spacial score (nSPS) is 15.9. The van der Waals surface area contributed by atoms with E-state index in [0.717, 1.165) is 42.5 Å². The Bertz CT molecular complexity index is 1010. The minimum atomic E-state index is -4.55. The molecular formula is C21H24F3N3O3S. The Labute approximate surface area is 181 Å². The third kappa shape index (κ3) is 4.35. The van der Waals surface area contributed by atoms with Crippen molar-refractivity contribution in [3.05, 3.63) is 33.0 Å². The molecule has 31 heavy (non-hydrogen) atoms. The summed E-state index contributed by atoms with van der Waals surface area (Å²) >= 11 is 1.35. The highest BCUT2D eigenvalue weighted by Crippen LogP contribution is 2.39. The van der Waals surface area contributed by atoms with Gasteiger partial charge in [0, 0.05) is 16.1 Å². The highest BCUT2D eigenvalue weighted by Gasteiger charge is 2.39. The van der Waals surface area contributed by atoms with Crippen molar-refractivity contribution < 1.29 is 27.5 Å². The Balaban J connectivity index is 1.60. The van der Waals surface area contributed by atoms with Crippen molar-refractivity contribution in [1.29, 1.82) is 0 Å². The van der Waals surface area contributed by atoms with Crippen LogP contribution in [0.25, 0.3) is 0 Å². The van der Waals surface area contributed by atoms with Crippen molar-refractivity contribution in [3.8, 4) is 0 Å². The minimum absolute atomic E-state index is 0.199. The zero-order valence-corrected chi connectivity index (χ0v) is 18.0. The van der Waals surface area contributed by atoms with E-state index in [0.29, 0.717) is 35.5 Å². The molecule has 1 amide bonds. The van der Waals surface area contributed by atoms with Crippen LogP contribution in [0.15, 0.2) is 0 Å². The number of carbonyl (C=O) groups excluding carboxylic acids is 2. The molecule has 0 unspecified atom stereocenters. The Hall–Kier alpha value is -2.36. The zero-order chi connectivity index (χ0) is 22.2. The number of rotatable bonds is 5. The van der Waals surface area contributed by atoms with Crippen LogP contribution in [0, 0.1) is 0 Å². The number of nitrogens with one attached hydrogen (secondary N) is 1. The summed E-state index contributed by atoms with van der Waals surface area (Å²) < 4.78 is 46.5. The summed E-state index contributed by atoms with van der Waals surface area (Å²) in [6.07, 6.45) is 1.24. The van der Waals surface area contributed by atoms with Gasteiger partial charge in [-0.05, 0) is 63.9 Å². The van der Waals surface area contributed by atoms with Gasteiger partial charge in [-0.25, -0.2) is 4.79 Å². The number of amides is 1. The van der Waals surface area contributed by atoms with E-state index in [1.165, 1.54) is 16.0 Å². The largest absolute Gasteiger partial charge is 0.462 e. The molecule has 0 saturated heterocycles. The molecule has 0 spiro atoms. The molecule has 2 aliphatic rings. The molecule has 168 valence electrons. The molecule has 0 bridgehead atoms. The summed E-state index contributed by atoms with van der Waals surface area (Å²) in [4.78, 5) is 26.4. The lowest BCUT2D eigenvalue weighted by Gasteiger charge is -2.15. The zero-order valence-electron chi connectivity index (χ0n) is 17.2. The van der Waals surface area contributed by atoms with E-state index in [1.807, 2.05) is 0 Å².